The summed E-state index contributed by atoms with van der Waals surface area (Å²) >= 11 is 0. The average Bonchev–Trinajstić information content (AvgIpc) is 3.66. The van der Waals surface area contributed by atoms with E-state index in [9.17, 15) is 30.6 Å². The summed E-state index contributed by atoms with van der Waals surface area (Å²) in [5.74, 6) is 0.803. The lowest BCUT2D eigenvalue weighted by molar-refractivity contribution is -0.0147. The molecule has 3 heterocycles. The number of phenols is 2. The molecule has 3 aliphatic rings. The van der Waals surface area contributed by atoms with Gasteiger partial charge >= 0.3 is 0 Å². The van der Waals surface area contributed by atoms with Crippen LogP contribution in [0.1, 0.15) is 46.7 Å². The van der Waals surface area contributed by atoms with E-state index in [0.717, 1.165) is 0 Å². The second-order valence-electron chi connectivity index (χ2n) is 13.4. The molecular weight excluding hydrogens is 720 g/mol. The number of hydrogen-bond acceptors (Lipinski definition) is 15. The summed E-state index contributed by atoms with van der Waals surface area (Å²) in [6.45, 7) is -1.03. The molecule has 7 rings (SSSR count). The summed E-state index contributed by atoms with van der Waals surface area (Å²) in [4.78, 5) is 0. The van der Waals surface area contributed by atoms with E-state index >= 15 is 0 Å². The highest BCUT2D eigenvalue weighted by Crippen LogP contribution is 2.53. The Hall–Kier alpha value is -5.32. The van der Waals surface area contributed by atoms with Crippen molar-refractivity contribution in [2.24, 2.45) is 11.8 Å². The van der Waals surface area contributed by atoms with E-state index in [0.29, 0.717) is 33.8 Å². The van der Waals surface area contributed by atoms with Crippen molar-refractivity contribution in [1.29, 1.82) is 0 Å². The van der Waals surface area contributed by atoms with Crippen molar-refractivity contribution in [3.05, 3.63) is 82.9 Å². The quantitative estimate of drug-likeness (QED) is 0.121. The molecule has 0 aliphatic carbocycles. The Kier molecular flexibility index (Phi) is 10.9. The third-order valence-corrected chi connectivity index (χ3v) is 10.4. The lowest BCUT2D eigenvalue weighted by Crippen LogP contribution is -2.36. The molecule has 8 atom stereocenters. The molecule has 1 saturated heterocycles. The van der Waals surface area contributed by atoms with Crippen LogP contribution in [0.3, 0.4) is 0 Å². The van der Waals surface area contributed by atoms with Crippen LogP contribution in [0, 0.1) is 11.8 Å². The van der Waals surface area contributed by atoms with E-state index in [1.165, 1.54) is 40.6 Å². The Bertz CT molecular complexity index is 2000. The molecule has 294 valence electrons. The van der Waals surface area contributed by atoms with E-state index in [-0.39, 0.29) is 65.8 Å². The monoisotopic (exact) mass is 764 g/mol. The van der Waals surface area contributed by atoms with Crippen molar-refractivity contribution in [2.75, 3.05) is 54.9 Å². The van der Waals surface area contributed by atoms with E-state index < -0.39 is 55.1 Å². The number of methoxy groups -OCH3 is 4. The second-order valence-corrected chi connectivity index (χ2v) is 13.4. The number of aliphatic hydroxyl groups is 4. The van der Waals surface area contributed by atoms with Gasteiger partial charge in [-0.05, 0) is 59.7 Å². The van der Waals surface area contributed by atoms with Crippen LogP contribution in [-0.4, -0.2) is 97.7 Å². The van der Waals surface area contributed by atoms with Crippen LogP contribution in [0.5, 0.6) is 57.5 Å². The standard InChI is InChI=1S/C40H44O15/c1-47-27-9-19(5-7-25(27)44)37-33(16-42)54-39-29(49-3)11-21(12-31(39)52-37)35(46)24-18-51-36(23(24)15-41)22-13-30(50-4)40-32(14-22)53-38(34(17-43)55-40)20-6-8-26(45)28(10-20)48-2/h5-14,23-24,33-38,41-46H,15-18H2,1-4H3/t23-,24+,33+,34-,35-,36+,37-,38+/m0/s1. The summed E-state index contributed by atoms with van der Waals surface area (Å²) in [6.07, 6.45) is -5.09. The zero-order valence-electron chi connectivity index (χ0n) is 30.6. The van der Waals surface area contributed by atoms with Crippen molar-refractivity contribution < 1.29 is 73.3 Å². The summed E-state index contributed by atoms with van der Waals surface area (Å²) in [6, 6.07) is 16.1. The van der Waals surface area contributed by atoms with Crippen LogP contribution in [0.15, 0.2) is 60.7 Å². The number of rotatable bonds is 12. The van der Waals surface area contributed by atoms with Gasteiger partial charge in [-0.3, -0.25) is 0 Å². The van der Waals surface area contributed by atoms with Crippen LogP contribution >= 0.6 is 0 Å². The Morgan fingerprint density at radius 1 is 0.582 bits per heavy atom. The topological polar surface area (TPSA) is 204 Å². The van der Waals surface area contributed by atoms with Crippen LogP contribution in [-0.2, 0) is 4.74 Å². The van der Waals surface area contributed by atoms with E-state index in [4.69, 9.17) is 42.6 Å². The number of fused-ring (bicyclic) bond motifs is 2. The summed E-state index contributed by atoms with van der Waals surface area (Å²) < 4.78 is 53.3. The minimum absolute atomic E-state index is 0.0533. The highest BCUT2D eigenvalue weighted by molar-refractivity contribution is 5.58. The van der Waals surface area contributed by atoms with Gasteiger partial charge in [0.2, 0.25) is 11.5 Å². The van der Waals surface area contributed by atoms with Crippen LogP contribution in [0.25, 0.3) is 0 Å². The molecule has 3 aliphatic heterocycles. The smallest absolute Gasteiger partial charge is 0.204 e. The summed E-state index contributed by atoms with van der Waals surface area (Å²) in [5, 5.41) is 63.4. The molecule has 0 radical (unpaired) electrons. The molecule has 0 spiro atoms. The van der Waals surface area contributed by atoms with Gasteiger partial charge in [0.1, 0.15) is 0 Å². The van der Waals surface area contributed by atoms with Gasteiger partial charge in [-0.25, -0.2) is 0 Å². The Balaban J connectivity index is 1.17. The third-order valence-electron chi connectivity index (χ3n) is 10.4. The number of hydrogen-bond donors (Lipinski definition) is 6. The van der Waals surface area contributed by atoms with E-state index in [2.05, 4.69) is 0 Å². The Morgan fingerprint density at radius 3 is 1.56 bits per heavy atom. The van der Waals surface area contributed by atoms with Crippen molar-refractivity contribution in [1.82, 2.24) is 0 Å². The number of aliphatic hydroxyl groups excluding tert-OH is 4. The first-order chi connectivity index (χ1) is 26.7. The van der Waals surface area contributed by atoms with Crippen LogP contribution < -0.4 is 37.9 Å². The normalized spacial score (nSPS) is 24.5. The summed E-state index contributed by atoms with van der Waals surface area (Å²) in [7, 11) is 5.78. The molecule has 0 amide bonds. The third kappa shape index (κ3) is 6.93. The van der Waals surface area contributed by atoms with Crippen molar-refractivity contribution in [3.8, 4) is 57.5 Å². The second kappa shape index (κ2) is 15.8. The number of benzene rings is 4. The van der Waals surface area contributed by atoms with Gasteiger partial charge in [0, 0.05) is 29.6 Å². The molecule has 4 aromatic carbocycles. The SMILES string of the molecule is COc1cc([C@H]2Oc3cc([C@H]4OC[C@@H]([C@@H](O)c5cc(OC)c6c(c5)O[C@@H](c5ccc(O)c(OC)c5)[C@@H](CO)O6)[C@@H]4CO)cc(OC)c3O[C@H]2CO)ccc1O. The first-order valence-electron chi connectivity index (χ1n) is 17.6. The molecule has 4 aromatic rings. The molecule has 15 nitrogen and oxygen atoms in total. The molecule has 55 heavy (non-hydrogen) atoms. The Labute approximate surface area is 316 Å². The number of ether oxygens (including phenoxy) is 9. The molecule has 0 unspecified atom stereocenters. The maximum absolute atomic E-state index is 11.9. The fourth-order valence-corrected chi connectivity index (χ4v) is 7.50. The van der Waals surface area contributed by atoms with E-state index in [1.807, 2.05) is 0 Å². The van der Waals surface area contributed by atoms with Gasteiger partial charge in [0.15, 0.2) is 70.4 Å². The molecule has 0 aromatic heterocycles. The van der Waals surface area contributed by atoms with Crippen LogP contribution in [0.2, 0.25) is 0 Å². The molecule has 6 N–H and O–H groups in total. The summed E-state index contributed by atoms with van der Waals surface area (Å²) in [5.41, 5.74) is 2.18. The van der Waals surface area contributed by atoms with Gasteiger partial charge in [0.05, 0.1) is 60.5 Å². The lowest BCUT2D eigenvalue weighted by Gasteiger charge is -2.35. The maximum Gasteiger partial charge on any atom is 0.204 e. The fourth-order valence-electron chi connectivity index (χ4n) is 7.50. The van der Waals surface area contributed by atoms with Crippen molar-refractivity contribution in [2.45, 2.75) is 36.6 Å². The minimum atomic E-state index is -1.16. The molecular formula is C40H44O15. The number of phenolic OH excluding ortho intramolecular Hbond substituents is 2. The Morgan fingerprint density at radius 2 is 1.07 bits per heavy atom. The largest absolute Gasteiger partial charge is 0.504 e. The van der Waals surface area contributed by atoms with Gasteiger partial charge < -0.3 is 73.3 Å². The van der Waals surface area contributed by atoms with Gasteiger partial charge in [-0.2, -0.15) is 0 Å². The molecule has 0 saturated carbocycles. The first-order valence-corrected chi connectivity index (χ1v) is 17.6. The first kappa shape index (κ1) is 38.0. The predicted octanol–water partition coefficient (Wildman–Crippen LogP) is 3.91. The van der Waals surface area contributed by atoms with Crippen LogP contribution in [0.4, 0.5) is 0 Å². The highest BCUT2D eigenvalue weighted by atomic mass is 16.6. The fraction of sp³-hybridized carbons (Fsp3) is 0.400. The predicted molar refractivity (Wildman–Crippen MR) is 193 cm³/mol. The van der Waals surface area contributed by atoms with Gasteiger partial charge in [-0.1, -0.05) is 12.1 Å². The molecule has 0 bridgehead atoms. The van der Waals surface area contributed by atoms with Gasteiger partial charge in [-0.15, -0.1) is 0 Å². The van der Waals surface area contributed by atoms with Gasteiger partial charge in [0.25, 0.3) is 0 Å². The van der Waals surface area contributed by atoms with Crippen molar-refractivity contribution in [3.63, 3.8) is 0 Å². The number of aromatic hydroxyl groups is 2. The van der Waals surface area contributed by atoms with E-state index in [1.54, 1.807) is 48.5 Å². The zero-order valence-corrected chi connectivity index (χ0v) is 30.6. The molecule has 1 fully saturated rings. The minimum Gasteiger partial charge on any atom is -0.504 e. The highest BCUT2D eigenvalue weighted by Gasteiger charge is 2.45. The molecule has 15 heteroatoms. The average molecular weight is 765 g/mol. The lowest BCUT2D eigenvalue weighted by atomic mass is 9.82. The zero-order chi connectivity index (χ0) is 39.0. The maximum atomic E-state index is 11.9. The van der Waals surface area contributed by atoms with Crippen molar-refractivity contribution >= 4 is 0 Å².